The average molecular weight is 598 g/mol. The molecule has 0 spiro atoms. The summed E-state index contributed by atoms with van der Waals surface area (Å²) in [6, 6.07) is 1.89. The Bertz CT molecular complexity index is 1230. The second-order valence-electron chi connectivity index (χ2n) is 12.3. The highest BCUT2D eigenvalue weighted by Crippen LogP contribution is 2.32. The van der Waals surface area contributed by atoms with E-state index in [1.165, 1.54) is 17.2 Å². The van der Waals surface area contributed by atoms with E-state index in [0.29, 0.717) is 43.5 Å². The molecule has 7 atom stereocenters. The van der Waals surface area contributed by atoms with Crippen LogP contribution in [0.1, 0.15) is 65.4 Å². The van der Waals surface area contributed by atoms with Crippen molar-refractivity contribution in [3.63, 3.8) is 0 Å². The third kappa shape index (κ3) is 6.82. The van der Waals surface area contributed by atoms with Crippen molar-refractivity contribution in [2.75, 3.05) is 27.2 Å². The van der Waals surface area contributed by atoms with Crippen molar-refractivity contribution in [1.82, 2.24) is 25.3 Å². The number of likely N-dealkylation sites (N-methyl/N-ethyl adjacent to an activating group) is 1. The molecule has 4 aliphatic rings. The largest absolute Gasteiger partial charge is 0.507 e. The average Bonchev–Trinajstić information content (AvgIpc) is 3.63. The molecule has 3 N–H and O–H groups in total. The Morgan fingerprint density at radius 2 is 1.84 bits per heavy atom. The maximum atomic E-state index is 14.4. The summed E-state index contributed by atoms with van der Waals surface area (Å²) in [5, 5.41) is 16.4. The first-order valence-corrected chi connectivity index (χ1v) is 15.5. The standard InChI is InChI=1S/C32H47N5O6/c1-7-19(3)26(34-30(40)27(35(5)6)20(4)8-2)31(41)37-17-14-25-28(37)32(42)36-16-9-10-23(36)29(39)33-15-13-21-11-12-22(43-25)18-24(21)38/h11-13,15,18-20,23,25-28,38H,7-10,14,16-17H2,1-6H3,(H,33,39)(H,34,40)/b15-13-/t19-,20-,23-,25-,26-,27-,28-/m0/s1. The number of likely N-dealkylation sites (tertiary alicyclic amines) is 1. The molecule has 2 bridgehead atoms. The van der Waals surface area contributed by atoms with Crippen LogP contribution in [0.25, 0.3) is 6.08 Å². The zero-order valence-electron chi connectivity index (χ0n) is 26.2. The molecule has 4 aliphatic heterocycles. The van der Waals surface area contributed by atoms with Crippen LogP contribution >= 0.6 is 0 Å². The molecule has 1 aromatic carbocycles. The molecule has 0 radical (unpaired) electrons. The second kappa shape index (κ2) is 13.8. The molecule has 11 nitrogen and oxygen atoms in total. The zero-order chi connectivity index (χ0) is 31.4. The first kappa shape index (κ1) is 32.3. The number of aromatic hydroxyl groups is 1. The lowest BCUT2D eigenvalue weighted by atomic mass is 9.94. The molecule has 4 amide bonds. The maximum absolute atomic E-state index is 14.4. The van der Waals surface area contributed by atoms with Gasteiger partial charge in [0.25, 0.3) is 0 Å². The minimum atomic E-state index is -0.996. The van der Waals surface area contributed by atoms with Gasteiger partial charge in [0.1, 0.15) is 35.7 Å². The summed E-state index contributed by atoms with van der Waals surface area (Å²) < 4.78 is 6.29. The van der Waals surface area contributed by atoms with Crippen molar-refractivity contribution in [1.29, 1.82) is 0 Å². The number of benzene rings is 1. The summed E-state index contributed by atoms with van der Waals surface area (Å²) >= 11 is 0. The zero-order valence-corrected chi connectivity index (χ0v) is 26.2. The predicted octanol–water partition coefficient (Wildman–Crippen LogP) is 2.34. The lowest BCUT2D eigenvalue weighted by Gasteiger charge is -2.36. The Hall–Kier alpha value is -3.60. The van der Waals surface area contributed by atoms with Gasteiger partial charge in [0.2, 0.25) is 23.6 Å². The lowest BCUT2D eigenvalue weighted by Crippen LogP contribution is -2.61. The summed E-state index contributed by atoms with van der Waals surface area (Å²) in [7, 11) is 3.71. The van der Waals surface area contributed by atoms with E-state index in [1.807, 2.05) is 46.7 Å². The molecule has 236 valence electrons. The van der Waals surface area contributed by atoms with Gasteiger partial charge >= 0.3 is 0 Å². The van der Waals surface area contributed by atoms with Gasteiger partial charge in [0, 0.05) is 37.3 Å². The third-order valence-electron chi connectivity index (χ3n) is 9.28. The molecule has 0 saturated carbocycles. The Labute approximate surface area is 254 Å². The molecule has 2 saturated heterocycles. The summed E-state index contributed by atoms with van der Waals surface area (Å²) in [6.45, 7) is 8.59. The van der Waals surface area contributed by atoms with E-state index in [0.717, 1.165) is 6.42 Å². The fourth-order valence-corrected chi connectivity index (χ4v) is 6.45. The highest BCUT2D eigenvalue weighted by molar-refractivity contribution is 5.96. The van der Waals surface area contributed by atoms with Crippen LogP contribution in [0.3, 0.4) is 0 Å². The van der Waals surface area contributed by atoms with E-state index < -0.39 is 30.3 Å². The molecule has 0 aliphatic carbocycles. The fourth-order valence-electron chi connectivity index (χ4n) is 6.45. The lowest BCUT2D eigenvalue weighted by molar-refractivity contribution is -0.150. The van der Waals surface area contributed by atoms with Crippen molar-refractivity contribution >= 4 is 29.7 Å². The molecular formula is C32H47N5O6. The van der Waals surface area contributed by atoms with Gasteiger partial charge in [-0.05, 0) is 57.0 Å². The molecule has 0 aromatic heterocycles. The third-order valence-corrected chi connectivity index (χ3v) is 9.28. The van der Waals surface area contributed by atoms with Gasteiger partial charge < -0.3 is 30.3 Å². The van der Waals surface area contributed by atoms with Crippen molar-refractivity contribution in [3.05, 3.63) is 30.0 Å². The highest BCUT2D eigenvalue weighted by atomic mass is 16.5. The highest BCUT2D eigenvalue weighted by Gasteiger charge is 2.50. The molecule has 43 heavy (non-hydrogen) atoms. The van der Waals surface area contributed by atoms with Gasteiger partial charge in [-0.15, -0.1) is 0 Å². The molecule has 2 fully saturated rings. The number of hydrogen-bond donors (Lipinski definition) is 3. The SMILES string of the molecule is CC[C@H](C)[C@H](NC(=O)[C@H]([C@@H](C)CC)N(C)C)C(=O)N1CC[C@@H]2Oc3ccc(c(O)c3)/C=C\NC(=O)[C@@H]3CCCN3C(=O)[C@H]21. The van der Waals surface area contributed by atoms with E-state index >= 15 is 0 Å². The normalized spacial score (nSPS) is 25.6. The van der Waals surface area contributed by atoms with Crippen LogP contribution in [-0.4, -0.2) is 101 Å². The Balaban J connectivity index is 1.69. The number of nitrogens with one attached hydrogen (secondary N) is 2. The van der Waals surface area contributed by atoms with Gasteiger partial charge in [0.05, 0.1) is 6.04 Å². The Kier molecular flexibility index (Phi) is 10.4. The number of phenols is 1. The van der Waals surface area contributed by atoms with Crippen molar-refractivity contribution in [2.45, 2.75) is 90.1 Å². The number of carbonyl (C=O) groups is 4. The number of carbonyl (C=O) groups excluding carboxylic acids is 4. The van der Waals surface area contributed by atoms with Gasteiger partial charge in [-0.2, -0.15) is 0 Å². The van der Waals surface area contributed by atoms with Crippen molar-refractivity contribution in [2.24, 2.45) is 11.8 Å². The van der Waals surface area contributed by atoms with Crippen molar-refractivity contribution < 1.29 is 29.0 Å². The van der Waals surface area contributed by atoms with Crippen molar-refractivity contribution in [3.8, 4) is 11.5 Å². The van der Waals surface area contributed by atoms with Crippen LogP contribution in [0.4, 0.5) is 0 Å². The van der Waals surface area contributed by atoms with E-state index in [1.54, 1.807) is 23.1 Å². The van der Waals surface area contributed by atoms with E-state index in [9.17, 15) is 24.3 Å². The van der Waals surface area contributed by atoms with Gasteiger partial charge in [-0.25, -0.2) is 0 Å². The monoisotopic (exact) mass is 597 g/mol. The minimum absolute atomic E-state index is 0.0346. The summed E-state index contributed by atoms with van der Waals surface area (Å²) in [6.07, 6.45) is 5.34. The Morgan fingerprint density at radius 1 is 1.12 bits per heavy atom. The number of ether oxygens (including phenoxy) is 1. The fraction of sp³-hybridized carbons (Fsp3) is 0.625. The topological polar surface area (TPSA) is 132 Å². The van der Waals surface area contributed by atoms with E-state index in [4.69, 9.17) is 4.74 Å². The molecule has 0 unspecified atom stereocenters. The second-order valence-corrected chi connectivity index (χ2v) is 12.3. The molecule has 1 aromatic rings. The first-order chi connectivity index (χ1) is 20.5. The van der Waals surface area contributed by atoms with Gasteiger partial charge in [-0.1, -0.05) is 40.5 Å². The van der Waals surface area contributed by atoms with Crippen LogP contribution in [0.5, 0.6) is 11.5 Å². The number of amides is 4. The van der Waals surface area contributed by atoms with Crippen LogP contribution in [-0.2, 0) is 19.2 Å². The van der Waals surface area contributed by atoms with E-state index in [-0.39, 0.29) is 47.8 Å². The minimum Gasteiger partial charge on any atom is -0.507 e. The first-order valence-electron chi connectivity index (χ1n) is 15.5. The summed E-state index contributed by atoms with van der Waals surface area (Å²) in [5.41, 5.74) is 0.504. The number of fused-ring (bicyclic) bond motifs is 4. The molecular weight excluding hydrogens is 550 g/mol. The van der Waals surface area contributed by atoms with Crippen LogP contribution in [0, 0.1) is 11.8 Å². The molecule has 11 heteroatoms. The number of phenolic OH excluding ortho intramolecular Hbond substituents is 1. The summed E-state index contributed by atoms with van der Waals surface area (Å²) in [4.78, 5) is 60.3. The number of hydrogen-bond acceptors (Lipinski definition) is 7. The smallest absolute Gasteiger partial charge is 0.249 e. The Morgan fingerprint density at radius 3 is 2.49 bits per heavy atom. The molecule has 5 rings (SSSR count). The van der Waals surface area contributed by atoms with E-state index in [2.05, 4.69) is 10.6 Å². The summed E-state index contributed by atoms with van der Waals surface area (Å²) in [5.74, 6) is -1.01. The van der Waals surface area contributed by atoms with Gasteiger partial charge in [0.15, 0.2) is 0 Å². The maximum Gasteiger partial charge on any atom is 0.249 e. The predicted molar refractivity (Wildman–Crippen MR) is 163 cm³/mol. The number of rotatable bonds is 8. The molecule has 4 heterocycles. The van der Waals surface area contributed by atoms with Crippen LogP contribution < -0.4 is 15.4 Å². The quantitative estimate of drug-likeness (QED) is 0.419. The van der Waals surface area contributed by atoms with Crippen LogP contribution in [0.15, 0.2) is 24.4 Å². The van der Waals surface area contributed by atoms with Gasteiger partial charge in [-0.3, -0.25) is 24.1 Å². The van der Waals surface area contributed by atoms with Crippen LogP contribution in [0.2, 0.25) is 0 Å². The number of nitrogens with zero attached hydrogens (tertiary/aromatic N) is 3.